The van der Waals surface area contributed by atoms with Crippen LogP contribution < -0.4 is 5.48 Å². The van der Waals surface area contributed by atoms with E-state index >= 15 is 0 Å². The maximum Gasteiger partial charge on any atom is 0.414 e. The number of nitrogens with zero attached hydrogens (tertiary/aromatic N) is 2. The van der Waals surface area contributed by atoms with Crippen LogP contribution in [0.15, 0.2) is 48.3 Å². The third-order valence-electron chi connectivity index (χ3n) is 3.05. The van der Waals surface area contributed by atoms with Gasteiger partial charge in [-0.3, -0.25) is 15.9 Å². The van der Waals surface area contributed by atoms with Crippen molar-refractivity contribution in [3.8, 4) is 0 Å². The van der Waals surface area contributed by atoms with Crippen molar-refractivity contribution in [2.24, 2.45) is 0 Å². The average Bonchev–Trinajstić information content (AvgIpc) is 2.54. The van der Waals surface area contributed by atoms with Crippen LogP contribution in [0.2, 0.25) is 0 Å². The Bertz CT molecular complexity index is 663. The Hall–Kier alpha value is -2.80. The Morgan fingerprint density at radius 3 is 2.77 bits per heavy atom. The molecule has 0 atom stereocenters. The van der Waals surface area contributed by atoms with Gasteiger partial charge in [0.25, 0.3) is 11.4 Å². The van der Waals surface area contributed by atoms with E-state index in [9.17, 15) is 10.0 Å². The Balaban J connectivity index is 2.41. The zero-order valence-corrected chi connectivity index (χ0v) is 12.4. The standard InChI is InChI=1S/C15H18N3O4/c1-17(2)15(19)22-14-10-6-5-9-13(14)18(21)12-8-4-3-7-11(12)16-20/h3-8,10,16,20-21H,9H2,1-2H3/q+1/b18-13-. The van der Waals surface area contributed by atoms with Gasteiger partial charge in [0.1, 0.15) is 5.69 Å². The van der Waals surface area contributed by atoms with E-state index < -0.39 is 6.09 Å². The molecule has 1 aliphatic carbocycles. The van der Waals surface area contributed by atoms with Crippen LogP contribution in [0.5, 0.6) is 0 Å². The predicted molar refractivity (Wildman–Crippen MR) is 80.6 cm³/mol. The third kappa shape index (κ3) is 3.26. The molecule has 0 aliphatic heterocycles. The highest BCUT2D eigenvalue weighted by Gasteiger charge is 2.28. The van der Waals surface area contributed by atoms with Crippen molar-refractivity contribution < 1.29 is 24.7 Å². The fourth-order valence-corrected chi connectivity index (χ4v) is 1.90. The summed E-state index contributed by atoms with van der Waals surface area (Å²) in [4.78, 5) is 13.0. The summed E-state index contributed by atoms with van der Waals surface area (Å²) in [5.74, 6) is 0.247. The molecule has 1 aliphatic rings. The van der Waals surface area contributed by atoms with Crippen LogP contribution in [0.25, 0.3) is 0 Å². The molecule has 0 saturated carbocycles. The molecule has 0 aromatic heterocycles. The molecule has 2 rings (SSSR count). The van der Waals surface area contributed by atoms with Crippen LogP contribution in [0.1, 0.15) is 6.42 Å². The van der Waals surface area contributed by atoms with Gasteiger partial charge in [0.15, 0.2) is 0 Å². The molecule has 0 bridgehead atoms. The molecule has 0 fully saturated rings. The van der Waals surface area contributed by atoms with E-state index in [1.807, 2.05) is 11.6 Å². The molecule has 3 N–H and O–H groups in total. The minimum atomic E-state index is -0.541. The monoisotopic (exact) mass is 304 g/mol. The van der Waals surface area contributed by atoms with E-state index in [1.54, 1.807) is 50.5 Å². The number of anilines is 1. The van der Waals surface area contributed by atoms with Gasteiger partial charge in [-0.2, -0.15) is 0 Å². The lowest BCUT2D eigenvalue weighted by atomic mass is 10.1. The number of allylic oxidation sites excluding steroid dienone is 4. The van der Waals surface area contributed by atoms with Gasteiger partial charge in [-0.1, -0.05) is 24.3 Å². The molecule has 0 heterocycles. The van der Waals surface area contributed by atoms with E-state index in [1.165, 1.54) is 4.90 Å². The zero-order valence-electron chi connectivity index (χ0n) is 12.4. The highest BCUT2D eigenvalue weighted by Crippen LogP contribution is 2.25. The summed E-state index contributed by atoms with van der Waals surface area (Å²) in [6.07, 6.45) is 4.99. The Labute approximate surface area is 128 Å². The molecule has 7 heteroatoms. The summed E-state index contributed by atoms with van der Waals surface area (Å²) in [6.45, 7) is 0. The van der Waals surface area contributed by atoms with Crippen molar-refractivity contribution in [3.05, 3.63) is 48.3 Å². The topological polar surface area (TPSA) is 85.0 Å². The second-order valence-corrected chi connectivity index (χ2v) is 4.81. The van der Waals surface area contributed by atoms with Crippen molar-refractivity contribution in [1.29, 1.82) is 0 Å². The SMILES string of the molecule is CN(C)C(=O)OC1=CC=CC/C1=[N+](/O)c1ccccc1NO. The van der Waals surface area contributed by atoms with Crippen LogP contribution >= 0.6 is 0 Å². The summed E-state index contributed by atoms with van der Waals surface area (Å²) in [7, 11) is 3.14. The van der Waals surface area contributed by atoms with Crippen LogP contribution in [-0.2, 0) is 4.74 Å². The first kappa shape index (κ1) is 15.6. The molecular weight excluding hydrogens is 286 g/mol. The number of amides is 1. The molecule has 1 aromatic carbocycles. The van der Waals surface area contributed by atoms with Crippen LogP contribution in [0, 0.1) is 0 Å². The van der Waals surface area contributed by atoms with Gasteiger partial charge >= 0.3 is 6.09 Å². The van der Waals surface area contributed by atoms with Gasteiger partial charge in [-0.25, -0.2) is 4.79 Å². The minimum absolute atomic E-state index is 0.247. The van der Waals surface area contributed by atoms with Crippen molar-refractivity contribution in [2.45, 2.75) is 6.42 Å². The van der Waals surface area contributed by atoms with E-state index in [4.69, 9.17) is 9.94 Å². The van der Waals surface area contributed by atoms with E-state index in [2.05, 4.69) is 0 Å². The zero-order chi connectivity index (χ0) is 16.1. The second kappa shape index (κ2) is 6.77. The largest absolute Gasteiger partial charge is 0.414 e. The van der Waals surface area contributed by atoms with E-state index in [0.717, 1.165) is 4.74 Å². The third-order valence-corrected chi connectivity index (χ3v) is 3.05. The number of hydrogen-bond acceptors (Lipinski definition) is 5. The minimum Gasteiger partial charge on any atom is -0.403 e. The number of hydrogen-bond donors (Lipinski definition) is 3. The lowest BCUT2D eigenvalue weighted by molar-refractivity contribution is -0.713. The maximum absolute atomic E-state index is 11.7. The van der Waals surface area contributed by atoms with Crippen LogP contribution in [0.3, 0.4) is 0 Å². The quantitative estimate of drug-likeness (QED) is 0.454. The number of carbonyl (C=O) groups excluding carboxylic acids is 1. The number of benzene rings is 1. The molecule has 0 unspecified atom stereocenters. The molecule has 1 aromatic rings. The highest BCUT2D eigenvalue weighted by atomic mass is 16.6. The first-order valence-corrected chi connectivity index (χ1v) is 6.65. The lowest BCUT2D eigenvalue weighted by Crippen LogP contribution is -2.27. The Kier molecular flexibility index (Phi) is 4.80. The summed E-state index contributed by atoms with van der Waals surface area (Å²) >= 11 is 0. The van der Waals surface area contributed by atoms with Crippen molar-refractivity contribution >= 4 is 23.2 Å². The summed E-state index contributed by atoms with van der Waals surface area (Å²) in [5, 5.41) is 19.6. The molecule has 0 spiro atoms. The van der Waals surface area contributed by atoms with Crippen molar-refractivity contribution in [3.63, 3.8) is 0 Å². The summed E-state index contributed by atoms with van der Waals surface area (Å²) < 4.78 is 6.14. The van der Waals surface area contributed by atoms with Crippen molar-refractivity contribution in [2.75, 3.05) is 19.6 Å². The van der Waals surface area contributed by atoms with E-state index in [-0.39, 0.29) is 5.76 Å². The number of para-hydroxylation sites is 2. The van der Waals surface area contributed by atoms with Gasteiger partial charge in [-0.15, -0.1) is 0 Å². The van der Waals surface area contributed by atoms with Gasteiger partial charge in [0.05, 0.1) is 6.42 Å². The molecule has 1 amide bonds. The smallest absolute Gasteiger partial charge is 0.403 e. The first-order chi connectivity index (χ1) is 10.5. The molecular formula is C15H18N3O4+. The second-order valence-electron chi connectivity index (χ2n) is 4.81. The van der Waals surface area contributed by atoms with Gasteiger partial charge < -0.3 is 9.64 Å². The molecule has 116 valence electrons. The van der Waals surface area contributed by atoms with Crippen molar-refractivity contribution in [1.82, 2.24) is 4.90 Å². The molecule has 0 saturated heterocycles. The Morgan fingerprint density at radius 1 is 1.36 bits per heavy atom. The number of carbonyl (C=O) groups is 1. The number of ether oxygens (including phenoxy) is 1. The fourth-order valence-electron chi connectivity index (χ4n) is 1.90. The maximum atomic E-state index is 11.7. The molecule has 0 radical (unpaired) electrons. The van der Waals surface area contributed by atoms with E-state index in [0.29, 0.717) is 23.5 Å². The predicted octanol–water partition coefficient (Wildman–Crippen LogP) is 2.50. The van der Waals surface area contributed by atoms with Crippen LogP contribution in [-0.4, -0.2) is 46.0 Å². The summed E-state index contributed by atoms with van der Waals surface area (Å²) in [5.41, 5.74) is 3.07. The lowest BCUT2D eigenvalue weighted by Gasteiger charge is -2.14. The highest BCUT2D eigenvalue weighted by molar-refractivity contribution is 5.99. The van der Waals surface area contributed by atoms with Crippen LogP contribution in [0.4, 0.5) is 16.2 Å². The number of rotatable bonds is 3. The molecule has 7 nitrogen and oxygen atoms in total. The average molecular weight is 304 g/mol. The number of nitrogens with one attached hydrogen (secondary N) is 1. The molecule has 22 heavy (non-hydrogen) atoms. The fraction of sp³-hybridized carbons (Fsp3) is 0.200. The summed E-state index contributed by atoms with van der Waals surface area (Å²) in [6, 6.07) is 6.65. The first-order valence-electron chi connectivity index (χ1n) is 6.65. The van der Waals surface area contributed by atoms with Gasteiger partial charge in [0.2, 0.25) is 5.76 Å². The van der Waals surface area contributed by atoms with Gasteiger partial charge in [0, 0.05) is 24.9 Å². The van der Waals surface area contributed by atoms with Gasteiger partial charge in [-0.05, 0) is 12.1 Å². The normalized spacial score (nSPS) is 15.9. The Morgan fingerprint density at radius 2 is 2.09 bits per heavy atom.